The number of nitrogens with one attached hydrogen (secondary N) is 1. The van der Waals surface area contributed by atoms with E-state index >= 15 is 0 Å². The van der Waals surface area contributed by atoms with Gasteiger partial charge >= 0.3 is 0 Å². The van der Waals surface area contributed by atoms with Crippen LogP contribution in [0.2, 0.25) is 0 Å². The molecule has 2 aromatic rings. The summed E-state index contributed by atoms with van der Waals surface area (Å²) in [6.45, 7) is 1.96. The summed E-state index contributed by atoms with van der Waals surface area (Å²) in [6.07, 6.45) is 1.80. The maximum Gasteiger partial charge on any atom is 0.280 e. The van der Waals surface area contributed by atoms with Gasteiger partial charge in [0.2, 0.25) is 11.7 Å². The summed E-state index contributed by atoms with van der Waals surface area (Å²) in [4.78, 5) is 14.8. The van der Waals surface area contributed by atoms with Crippen LogP contribution in [0.4, 0.5) is 5.69 Å². The zero-order chi connectivity index (χ0) is 13.9. The summed E-state index contributed by atoms with van der Waals surface area (Å²) in [6, 6.07) is 6.40. The number of benzene rings is 1. The van der Waals surface area contributed by atoms with E-state index in [2.05, 4.69) is 15.5 Å². The highest BCUT2D eigenvalue weighted by atomic mass is 16.6. The van der Waals surface area contributed by atoms with E-state index < -0.39 is 4.92 Å². The average Bonchev–Trinajstić information content (AvgIpc) is 3.11. The van der Waals surface area contributed by atoms with Crippen LogP contribution in [0.15, 0.2) is 28.8 Å². The lowest BCUT2D eigenvalue weighted by Crippen LogP contribution is -2.10. The molecule has 1 unspecified atom stereocenters. The van der Waals surface area contributed by atoms with Crippen molar-refractivity contribution >= 4 is 5.69 Å². The molecule has 3 rings (SSSR count). The van der Waals surface area contributed by atoms with Crippen LogP contribution in [-0.2, 0) is 6.42 Å². The van der Waals surface area contributed by atoms with Crippen molar-refractivity contribution < 1.29 is 9.45 Å². The van der Waals surface area contributed by atoms with Gasteiger partial charge in [0.05, 0.1) is 4.92 Å². The molecule has 20 heavy (non-hydrogen) atoms. The molecular weight excluding hydrogens is 260 g/mol. The van der Waals surface area contributed by atoms with Crippen LogP contribution in [0.25, 0.3) is 11.4 Å². The second-order valence-corrected chi connectivity index (χ2v) is 4.85. The van der Waals surface area contributed by atoms with E-state index in [1.165, 1.54) is 6.07 Å². The van der Waals surface area contributed by atoms with Gasteiger partial charge in [0.15, 0.2) is 0 Å². The molecule has 0 amide bonds. The van der Waals surface area contributed by atoms with Crippen molar-refractivity contribution in [2.75, 3.05) is 13.1 Å². The molecule has 1 aliphatic rings. The third-order valence-corrected chi connectivity index (χ3v) is 3.44. The molecule has 0 spiro atoms. The number of hydrogen-bond donors (Lipinski definition) is 1. The highest BCUT2D eigenvalue weighted by Crippen LogP contribution is 2.27. The van der Waals surface area contributed by atoms with Crippen LogP contribution in [0.1, 0.15) is 12.3 Å². The second-order valence-electron chi connectivity index (χ2n) is 4.85. The topological polar surface area (TPSA) is 94.1 Å². The Balaban J connectivity index is 1.84. The molecule has 104 valence electrons. The lowest BCUT2D eigenvalue weighted by molar-refractivity contribution is -0.384. The summed E-state index contributed by atoms with van der Waals surface area (Å²) < 4.78 is 5.20. The van der Waals surface area contributed by atoms with Crippen LogP contribution < -0.4 is 5.32 Å². The first kappa shape index (κ1) is 12.7. The lowest BCUT2D eigenvalue weighted by atomic mass is 10.1. The predicted octanol–water partition coefficient (Wildman–Crippen LogP) is 1.80. The maximum absolute atomic E-state index is 11.0. The molecule has 1 fully saturated rings. The molecule has 1 aromatic carbocycles. The van der Waals surface area contributed by atoms with Crippen LogP contribution in [0.5, 0.6) is 0 Å². The van der Waals surface area contributed by atoms with Crippen LogP contribution in [0.3, 0.4) is 0 Å². The fraction of sp³-hybridized carbons (Fsp3) is 0.385. The molecule has 1 aromatic heterocycles. The second kappa shape index (κ2) is 5.38. The van der Waals surface area contributed by atoms with Gasteiger partial charge in [0, 0.05) is 12.5 Å². The van der Waals surface area contributed by atoms with Gasteiger partial charge in [-0.15, -0.1) is 0 Å². The van der Waals surface area contributed by atoms with E-state index in [1.54, 1.807) is 18.2 Å². The Morgan fingerprint density at radius 3 is 3.05 bits per heavy atom. The van der Waals surface area contributed by atoms with Crippen molar-refractivity contribution in [2.45, 2.75) is 12.8 Å². The van der Waals surface area contributed by atoms with Gasteiger partial charge in [-0.05, 0) is 31.5 Å². The van der Waals surface area contributed by atoms with Gasteiger partial charge in [0.25, 0.3) is 5.69 Å². The lowest BCUT2D eigenvalue weighted by Gasteiger charge is -2.01. The number of hydrogen-bond acceptors (Lipinski definition) is 6. The molecule has 0 saturated carbocycles. The van der Waals surface area contributed by atoms with Crippen LogP contribution in [-0.4, -0.2) is 28.2 Å². The SMILES string of the molecule is O=[N+]([O-])c1ccccc1-c1noc(CC2CCNC2)n1. The summed E-state index contributed by atoms with van der Waals surface area (Å²) in [5.41, 5.74) is 0.374. The smallest absolute Gasteiger partial charge is 0.280 e. The Bertz CT molecular complexity index is 620. The highest BCUT2D eigenvalue weighted by molar-refractivity contribution is 5.67. The van der Waals surface area contributed by atoms with Gasteiger partial charge in [-0.1, -0.05) is 17.3 Å². The Kier molecular flexibility index (Phi) is 3.42. The van der Waals surface area contributed by atoms with Crippen LogP contribution in [0, 0.1) is 16.0 Å². The molecule has 1 N–H and O–H groups in total. The fourth-order valence-corrected chi connectivity index (χ4v) is 2.40. The zero-order valence-corrected chi connectivity index (χ0v) is 10.8. The fourth-order valence-electron chi connectivity index (χ4n) is 2.40. The monoisotopic (exact) mass is 274 g/mol. The van der Waals surface area contributed by atoms with E-state index in [4.69, 9.17) is 4.52 Å². The quantitative estimate of drug-likeness (QED) is 0.674. The number of aromatic nitrogens is 2. The first-order chi connectivity index (χ1) is 9.74. The van der Waals surface area contributed by atoms with Gasteiger partial charge in [-0.3, -0.25) is 10.1 Å². The van der Waals surface area contributed by atoms with E-state index in [0.717, 1.165) is 19.5 Å². The number of para-hydroxylation sites is 1. The summed E-state index contributed by atoms with van der Waals surface area (Å²) in [5.74, 6) is 1.30. The van der Waals surface area contributed by atoms with E-state index in [0.29, 0.717) is 23.8 Å². The summed E-state index contributed by atoms with van der Waals surface area (Å²) in [7, 11) is 0. The maximum atomic E-state index is 11.0. The minimum atomic E-state index is -0.438. The number of nitrogens with zero attached hydrogens (tertiary/aromatic N) is 3. The van der Waals surface area contributed by atoms with Crippen molar-refractivity contribution in [2.24, 2.45) is 5.92 Å². The molecule has 7 heteroatoms. The standard InChI is InChI=1S/C13H14N4O3/c18-17(19)11-4-2-1-3-10(11)13-15-12(20-16-13)7-9-5-6-14-8-9/h1-4,9,14H,5-8H2. The van der Waals surface area contributed by atoms with Crippen molar-refractivity contribution in [1.82, 2.24) is 15.5 Å². The Morgan fingerprint density at radius 2 is 2.30 bits per heavy atom. The van der Waals surface area contributed by atoms with Crippen molar-refractivity contribution in [3.63, 3.8) is 0 Å². The minimum absolute atomic E-state index is 0.0117. The Labute approximate surface area is 115 Å². The normalized spacial score (nSPS) is 18.3. The molecule has 1 saturated heterocycles. The number of nitro groups is 1. The third kappa shape index (κ3) is 2.53. The molecule has 0 bridgehead atoms. The van der Waals surface area contributed by atoms with Gasteiger partial charge in [-0.25, -0.2) is 0 Å². The minimum Gasteiger partial charge on any atom is -0.339 e. The summed E-state index contributed by atoms with van der Waals surface area (Å²) in [5, 5.41) is 18.1. The third-order valence-electron chi connectivity index (χ3n) is 3.44. The average molecular weight is 274 g/mol. The van der Waals surface area contributed by atoms with Crippen molar-refractivity contribution in [3.05, 3.63) is 40.3 Å². The van der Waals surface area contributed by atoms with E-state index in [1.807, 2.05) is 0 Å². The zero-order valence-electron chi connectivity index (χ0n) is 10.8. The first-order valence-electron chi connectivity index (χ1n) is 6.51. The highest BCUT2D eigenvalue weighted by Gasteiger charge is 2.22. The molecule has 2 heterocycles. The summed E-state index contributed by atoms with van der Waals surface area (Å²) >= 11 is 0. The van der Waals surface area contributed by atoms with E-state index in [-0.39, 0.29) is 11.5 Å². The number of rotatable bonds is 4. The molecule has 0 radical (unpaired) electrons. The molecule has 7 nitrogen and oxygen atoms in total. The van der Waals surface area contributed by atoms with Gasteiger partial charge in [0.1, 0.15) is 5.56 Å². The molecule has 1 atom stereocenters. The van der Waals surface area contributed by atoms with Gasteiger partial charge in [-0.2, -0.15) is 4.98 Å². The van der Waals surface area contributed by atoms with Crippen LogP contribution >= 0.6 is 0 Å². The van der Waals surface area contributed by atoms with Crippen molar-refractivity contribution in [3.8, 4) is 11.4 Å². The van der Waals surface area contributed by atoms with Crippen molar-refractivity contribution in [1.29, 1.82) is 0 Å². The number of nitro benzene ring substituents is 1. The Morgan fingerprint density at radius 1 is 1.45 bits per heavy atom. The molecule has 1 aliphatic heterocycles. The molecular formula is C13H14N4O3. The first-order valence-corrected chi connectivity index (χ1v) is 6.51. The van der Waals surface area contributed by atoms with Gasteiger partial charge < -0.3 is 9.84 Å². The molecule has 0 aliphatic carbocycles. The van der Waals surface area contributed by atoms with E-state index in [9.17, 15) is 10.1 Å². The Hall–Kier alpha value is -2.28. The largest absolute Gasteiger partial charge is 0.339 e. The predicted molar refractivity (Wildman–Crippen MR) is 71.1 cm³/mol.